The number of ether oxygens (including phenoxy) is 1. The fourth-order valence-corrected chi connectivity index (χ4v) is 3.38. The highest BCUT2D eigenvalue weighted by Crippen LogP contribution is 2.30. The van der Waals surface area contributed by atoms with Crippen molar-refractivity contribution in [3.63, 3.8) is 0 Å². The van der Waals surface area contributed by atoms with Gasteiger partial charge >= 0.3 is 0 Å². The molecule has 0 unspecified atom stereocenters. The fraction of sp³-hybridized carbons (Fsp3) is 0.250. The normalized spacial score (nSPS) is 11.3. The number of anilines is 1. The molecule has 0 aliphatic rings. The number of methoxy groups -OCH3 is 1. The Morgan fingerprint density at radius 3 is 2.32 bits per heavy atom. The summed E-state index contributed by atoms with van der Waals surface area (Å²) >= 11 is 0. The number of nitrogens with one attached hydrogen (secondary N) is 1. The summed E-state index contributed by atoms with van der Waals surface area (Å²) in [4.78, 5) is 0.144. The highest BCUT2D eigenvalue weighted by molar-refractivity contribution is 7.92. The molecule has 6 heteroatoms. The van der Waals surface area contributed by atoms with Crippen LogP contribution in [-0.2, 0) is 10.0 Å². The lowest BCUT2D eigenvalue weighted by Gasteiger charge is -2.14. The van der Waals surface area contributed by atoms with Gasteiger partial charge in [-0.2, -0.15) is 0 Å². The first-order valence-electron chi connectivity index (χ1n) is 6.73. The zero-order chi connectivity index (χ0) is 16.5. The molecule has 0 amide bonds. The van der Waals surface area contributed by atoms with E-state index >= 15 is 0 Å². The van der Waals surface area contributed by atoms with Crippen molar-refractivity contribution in [2.45, 2.75) is 25.7 Å². The van der Waals surface area contributed by atoms with Gasteiger partial charge in [-0.15, -0.1) is 0 Å². The van der Waals surface area contributed by atoms with E-state index in [2.05, 4.69) is 4.72 Å². The first kappa shape index (κ1) is 16.2. The number of aromatic hydroxyl groups is 1. The summed E-state index contributed by atoms with van der Waals surface area (Å²) in [5, 5.41) is 9.92. The highest BCUT2D eigenvalue weighted by Gasteiger charge is 2.18. The van der Waals surface area contributed by atoms with Crippen molar-refractivity contribution >= 4 is 15.7 Å². The third-order valence-electron chi connectivity index (χ3n) is 3.55. The van der Waals surface area contributed by atoms with E-state index in [1.165, 1.54) is 13.2 Å². The van der Waals surface area contributed by atoms with E-state index in [0.717, 1.165) is 5.56 Å². The molecule has 0 aliphatic carbocycles. The molecule has 5 nitrogen and oxygen atoms in total. The molecule has 22 heavy (non-hydrogen) atoms. The van der Waals surface area contributed by atoms with Gasteiger partial charge in [-0.25, -0.2) is 8.42 Å². The van der Waals surface area contributed by atoms with Gasteiger partial charge < -0.3 is 9.84 Å². The molecule has 2 rings (SSSR count). The van der Waals surface area contributed by atoms with Gasteiger partial charge in [-0.3, -0.25) is 4.72 Å². The van der Waals surface area contributed by atoms with Crippen molar-refractivity contribution in [3.8, 4) is 11.5 Å². The van der Waals surface area contributed by atoms with Crippen LogP contribution in [0.5, 0.6) is 11.5 Å². The molecule has 0 aliphatic heterocycles. The van der Waals surface area contributed by atoms with Gasteiger partial charge in [0.05, 0.1) is 17.7 Å². The van der Waals surface area contributed by atoms with Crippen LogP contribution in [0.2, 0.25) is 0 Å². The predicted molar refractivity (Wildman–Crippen MR) is 86.1 cm³/mol. The third-order valence-corrected chi connectivity index (χ3v) is 4.92. The molecule has 0 saturated carbocycles. The summed E-state index contributed by atoms with van der Waals surface area (Å²) in [5.41, 5.74) is 2.28. The SMILES string of the molecule is COc1ccc(S(=O)(=O)Nc2ccc(C)c(O)c2C)cc1C. The molecule has 0 spiro atoms. The van der Waals surface area contributed by atoms with Crippen molar-refractivity contribution in [2.75, 3.05) is 11.8 Å². The maximum Gasteiger partial charge on any atom is 0.261 e. The van der Waals surface area contributed by atoms with E-state index in [9.17, 15) is 13.5 Å². The van der Waals surface area contributed by atoms with E-state index in [1.807, 2.05) is 0 Å². The molecule has 2 N–H and O–H groups in total. The minimum absolute atomic E-state index is 0.0890. The average Bonchev–Trinajstić information content (AvgIpc) is 2.48. The summed E-state index contributed by atoms with van der Waals surface area (Å²) in [6, 6.07) is 7.95. The molecular formula is C16H19NO4S. The molecule has 0 atom stereocenters. The Bertz CT molecular complexity index is 813. The van der Waals surface area contributed by atoms with Gasteiger partial charge in [0.25, 0.3) is 10.0 Å². The van der Waals surface area contributed by atoms with Gasteiger partial charge in [0.2, 0.25) is 0 Å². The van der Waals surface area contributed by atoms with Crippen molar-refractivity contribution in [2.24, 2.45) is 0 Å². The second-order valence-corrected chi connectivity index (χ2v) is 6.82. The van der Waals surface area contributed by atoms with Crippen LogP contribution in [0, 0.1) is 20.8 Å². The summed E-state index contributed by atoms with van der Waals surface area (Å²) in [5.74, 6) is 0.717. The van der Waals surface area contributed by atoms with Crippen LogP contribution in [-0.4, -0.2) is 20.6 Å². The maximum absolute atomic E-state index is 12.5. The number of hydrogen-bond donors (Lipinski definition) is 2. The van der Waals surface area contributed by atoms with E-state index in [-0.39, 0.29) is 10.6 Å². The Kier molecular flexibility index (Phi) is 4.32. The van der Waals surface area contributed by atoms with E-state index in [0.29, 0.717) is 22.6 Å². The minimum Gasteiger partial charge on any atom is -0.507 e. The molecule has 118 valence electrons. The van der Waals surface area contributed by atoms with Crippen molar-refractivity contribution in [1.29, 1.82) is 0 Å². The number of sulfonamides is 1. The Hall–Kier alpha value is -2.21. The number of rotatable bonds is 4. The molecular weight excluding hydrogens is 302 g/mol. The summed E-state index contributed by atoms with van der Waals surface area (Å²) in [7, 11) is -2.19. The highest BCUT2D eigenvalue weighted by atomic mass is 32.2. The summed E-state index contributed by atoms with van der Waals surface area (Å²) < 4.78 is 32.6. The molecule has 0 heterocycles. The third kappa shape index (κ3) is 3.01. The molecule has 2 aromatic carbocycles. The maximum atomic E-state index is 12.5. The van der Waals surface area contributed by atoms with Crippen LogP contribution in [0.3, 0.4) is 0 Å². The molecule has 0 bridgehead atoms. The second-order valence-electron chi connectivity index (χ2n) is 5.14. The summed E-state index contributed by atoms with van der Waals surface area (Å²) in [6.07, 6.45) is 0. The smallest absolute Gasteiger partial charge is 0.261 e. The van der Waals surface area contributed by atoms with Gasteiger partial charge in [0, 0.05) is 5.56 Å². The van der Waals surface area contributed by atoms with Crippen LogP contribution in [0.1, 0.15) is 16.7 Å². The molecule has 0 aromatic heterocycles. The van der Waals surface area contributed by atoms with Crippen LogP contribution in [0.15, 0.2) is 35.2 Å². The summed E-state index contributed by atoms with van der Waals surface area (Å²) in [6.45, 7) is 5.20. The fourth-order valence-electron chi connectivity index (χ4n) is 2.17. The quantitative estimate of drug-likeness (QED) is 0.907. The molecule has 0 saturated heterocycles. The Morgan fingerprint density at radius 1 is 1.05 bits per heavy atom. The van der Waals surface area contributed by atoms with Crippen LogP contribution < -0.4 is 9.46 Å². The van der Waals surface area contributed by atoms with Crippen molar-refractivity contribution in [3.05, 3.63) is 47.0 Å². The standard InChI is InChI=1S/C16H19NO4S/c1-10-5-7-14(12(3)16(10)18)17-22(19,20)13-6-8-15(21-4)11(2)9-13/h5-9,17-18H,1-4H3. The molecule has 0 radical (unpaired) electrons. The number of phenols is 1. The predicted octanol–water partition coefficient (Wildman–Crippen LogP) is 3.13. The van der Waals surface area contributed by atoms with E-state index < -0.39 is 10.0 Å². The van der Waals surface area contributed by atoms with Crippen LogP contribution >= 0.6 is 0 Å². The van der Waals surface area contributed by atoms with Crippen LogP contribution in [0.4, 0.5) is 5.69 Å². The van der Waals surface area contributed by atoms with Gasteiger partial charge in [-0.1, -0.05) is 6.07 Å². The monoisotopic (exact) mass is 321 g/mol. The lowest BCUT2D eigenvalue weighted by atomic mass is 10.1. The van der Waals surface area contributed by atoms with Gasteiger partial charge in [0.1, 0.15) is 11.5 Å². The second kappa shape index (κ2) is 5.88. The Labute approximate surface area is 130 Å². The van der Waals surface area contributed by atoms with Crippen molar-refractivity contribution in [1.82, 2.24) is 0 Å². The number of benzene rings is 2. The van der Waals surface area contributed by atoms with E-state index in [4.69, 9.17) is 4.74 Å². The number of hydrogen-bond acceptors (Lipinski definition) is 4. The minimum atomic E-state index is -3.73. The average molecular weight is 321 g/mol. The largest absolute Gasteiger partial charge is 0.507 e. The topological polar surface area (TPSA) is 75.6 Å². The number of phenolic OH excluding ortho intramolecular Hbond substituents is 1. The first-order valence-corrected chi connectivity index (χ1v) is 8.21. The Morgan fingerprint density at radius 2 is 1.73 bits per heavy atom. The first-order chi connectivity index (χ1) is 10.3. The van der Waals surface area contributed by atoms with Crippen molar-refractivity contribution < 1.29 is 18.3 Å². The zero-order valence-corrected chi connectivity index (χ0v) is 13.8. The lowest BCUT2D eigenvalue weighted by molar-refractivity contribution is 0.411. The lowest BCUT2D eigenvalue weighted by Crippen LogP contribution is -2.14. The Balaban J connectivity index is 2.40. The molecule has 2 aromatic rings. The number of aryl methyl sites for hydroxylation is 2. The van der Waals surface area contributed by atoms with Crippen LogP contribution in [0.25, 0.3) is 0 Å². The molecule has 0 fully saturated rings. The van der Waals surface area contributed by atoms with E-state index in [1.54, 1.807) is 45.0 Å². The van der Waals surface area contributed by atoms with Gasteiger partial charge in [0.15, 0.2) is 0 Å². The zero-order valence-electron chi connectivity index (χ0n) is 13.0. The van der Waals surface area contributed by atoms with Gasteiger partial charge in [-0.05, 0) is 56.2 Å².